The van der Waals surface area contributed by atoms with Crippen LogP contribution in [-0.2, 0) is 10.1 Å². The first kappa shape index (κ1) is 12.2. The van der Waals surface area contributed by atoms with Crippen LogP contribution in [0.25, 0.3) is 0 Å². The smallest absolute Gasteiger partial charge is 1.00 e. The van der Waals surface area contributed by atoms with E-state index in [1.54, 1.807) is 0 Å². The molecule has 0 unspecified atom stereocenters. The van der Waals surface area contributed by atoms with Gasteiger partial charge in [0.15, 0.2) is 0 Å². The molecule has 0 aliphatic rings. The van der Waals surface area contributed by atoms with Crippen molar-refractivity contribution >= 4 is 10.1 Å². The van der Waals surface area contributed by atoms with Gasteiger partial charge in [-0.3, -0.25) is 4.55 Å². The molecule has 0 saturated heterocycles. The standard InChI is InChI=1S/C3H6O4S.Na.H/c4-2-1-3-8(5,6)7;;/h1-2,4H,3H2,(H,5,6,7);;/q;+1;-1. The van der Waals surface area contributed by atoms with Crippen molar-refractivity contribution in [3.05, 3.63) is 12.3 Å². The van der Waals surface area contributed by atoms with Crippen molar-refractivity contribution in [2.75, 3.05) is 5.75 Å². The van der Waals surface area contributed by atoms with E-state index in [0.29, 0.717) is 6.26 Å². The first-order chi connectivity index (χ1) is 3.56. The van der Waals surface area contributed by atoms with Gasteiger partial charge in [0.1, 0.15) is 0 Å². The van der Waals surface area contributed by atoms with Crippen molar-refractivity contribution in [1.82, 2.24) is 0 Å². The summed E-state index contributed by atoms with van der Waals surface area (Å²) >= 11 is 0. The zero-order valence-electron chi connectivity index (χ0n) is 5.98. The van der Waals surface area contributed by atoms with E-state index in [9.17, 15) is 8.42 Å². The van der Waals surface area contributed by atoms with E-state index in [-0.39, 0.29) is 31.0 Å². The summed E-state index contributed by atoms with van der Waals surface area (Å²) < 4.78 is 27.5. The third kappa shape index (κ3) is 11.8. The fourth-order valence-electron chi connectivity index (χ4n) is 0.165. The molecular formula is C3H7NaO4S. The predicted molar refractivity (Wildman–Crippen MR) is 29.3 cm³/mol. The van der Waals surface area contributed by atoms with Crippen LogP contribution in [0.15, 0.2) is 12.3 Å². The maximum absolute atomic E-state index is 9.78. The van der Waals surface area contributed by atoms with Crippen LogP contribution in [0.4, 0.5) is 0 Å². The van der Waals surface area contributed by atoms with Crippen molar-refractivity contribution < 1.29 is 49.1 Å². The summed E-state index contributed by atoms with van der Waals surface area (Å²) in [4.78, 5) is 0. The van der Waals surface area contributed by atoms with Gasteiger partial charge in [-0.1, -0.05) is 0 Å². The zero-order chi connectivity index (χ0) is 6.62. The summed E-state index contributed by atoms with van der Waals surface area (Å²) in [6, 6.07) is 0. The molecule has 0 saturated carbocycles. The van der Waals surface area contributed by atoms with E-state index < -0.39 is 15.9 Å². The fourth-order valence-corrected chi connectivity index (χ4v) is 0.494. The Balaban J connectivity index is -0.000000245. The largest absolute Gasteiger partial charge is 1.00 e. The Labute approximate surface area is 77.1 Å². The Hall–Kier alpha value is 0.450. The third-order valence-electron chi connectivity index (χ3n) is 0.412. The molecular weight excluding hydrogens is 155 g/mol. The van der Waals surface area contributed by atoms with Gasteiger partial charge in [0.05, 0.1) is 12.0 Å². The Bertz CT molecular complexity index is 175. The van der Waals surface area contributed by atoms with Gasteiger partial charge in [-0.05, 0) is 6.08 Å². The summed E-state index contributed by atoms with van der Waals surface area (Å²) in [6.45, 7) is 0. The van der Waals surface area contributed by atoms with Gasteiger partial charge in [0, 0.05) is 0 Å². The van der Waals surface area contributed by atoms with E-state index in [0.717, 1.165) is 6.08 Å². The van der Waals surface area contributed by atoms with E-state index in [1.165, 1.54) is 0 Å². The molecule has 0 spiro atoms. The van der Waals surface area contributed by atoms with Crippen molar-refractivity contribution in [2.45, 2.75) is 0 Å². The molecule has 0 aliphatic heterocycles. The molecule has 0 fully saturated rings. The molecule has 0 atom stereocenters. The summed E-state index contributed by atoms with van der Waals surface area (Å²) in [7, 11) is -3.93. The topological polar surface area (TPSA) is 74.6 Å². The van der Waals surface area contributed by atoms with Gasteiger partial charge in [-0.25, -0.2) is 0 Å². The number of aliphatic hydroxyl groups excluding tert-OH is 1. The minimum Gasteiger partial charge on any atom is -1.00 e. The van der Waals surface area contributed by atoms with Crippen LogP contribution in [0.1, 0.15) is 1.43 Å². The second-order valence-corrected chi connectivity index (χ2v) is 2.63. The second-order valence-electron chi connectivity index (χ2n) is 1.13. The molecule has 0 aromatic carbocycles. The van der Waals surface area contributed by atoms with E-state index in [2.05, 4.69) is 0 Å². The third-order valence-corrected chi connectivity index (χ3v) is 1.03. The Kier molecular flexibility index (Phi) is 7.09. The van der Waals surface area contributed by atoms with Crippen molar-refractivity contribution in [3.8, 4) is 0 Å². The van der Waals surface area contributed by atoms with Gasteiger partial charge in [-0.2, -0.15) is 8.42 Å². The van der Waals surface area contributed by atoms with Gasteiger partial charge in [0.25, 0.3) is 10.1 Å². The molecule has 2 N–H and O–H groups in total. The average Bonchev–Trinajstić information content (AvgIpc) is 1.59. The summed E-state index contributed by atoms with van der Waals surface area (Å²) in [5, 5.41) is 7.87. The number of hydrogen-bond donors (Lipinski definition) is 2. The van der Waals surface area contributed by atoms with Gasteiger partial charge in [0.2, 0.25) is 0 Å². The minimum absolute atomic E-state index is 0. The van der Waals surface area contributed by atoms with Gasteiger partial charge in [-0.15, -0.1) is 0 Å². The van der Waals surface area contributed by atoms with E-state index in [1.807, 2.05) is 0 Å². The SMILES string of the molecule is O=S(=O)(O)CC=CO.[H-].[Na+]. The maximum Gasteiger partial charge on any atom is 1.00 e. The normalized spacial score (nSPS) is 11.2. The first-order valence-corrected chi connectivity index (χ1v) is 3.41. The van der Waals surface area contributed by atoms with Crippen molar-refractivity contribution in [1.29, 1.82) is 0 Å². The molecule has 0 heterocycles. The zero-order valence-corrected chi connectivity index (χ0v) is 7.80. The number of rotatable bonds is 2. The summed E-state index contributed by atoms with van der Waals surface area (Å²) in [6.07, 6.45) is 1.49. The molecule has 0 aromatic rings. The Morgan fingerprint density at radius 2 is 2.00 bits per heavy atom. The van der Waals surface area contributed by atoms with Crippen molar-refractivity contribution in [2.24, 2.45) is 0 Å². The number of hydrogen-bond acceptors (Lipinski definition) is 3. The van der Waals surface area contributed by atoms with Gasteiger partial charge < -0.3 is 6.53 Å². The fraction of sp³-hybridized carbons (Fsp3) is 0.333. The quantitative estimate of drug-likeness (QED) is 0.259. The summed E-state index contributed by atoms with van der Waals surface area (Å²) in [5.41, 5.74) is 0. The van der Waals surface area contributed by atoms with Crippen molar-refractivity contribution in [3.63, 3.8) is 0 Å². The van der Waals surface area contributed by atoms with Crippen LogP contribution in [0.3, 0.4) is 0 Å². The van der Waals surface area contributed by atoms with Crippen LogP contribution >= 0.6 is 0 Å². The van der Waals surface area contributed by atoms with Crippen LogP contribution in [0.5, 0.6) is 0 Å². The molecule has 0 rings (SSSR count). The molecule has 0 aromatic heterocycles. The van der Waals surface area contributed by atoms with Crippen LogP contribution < -0.4 is 29.6 Å². The van der Waals surface area contributed by atoms with Crippen LogP contribution in [0.2, 0.25) is 0 Å². The van der Waals surface area contributed by atoms with Crippen LogP contribution in [-0.4, -0.2) is 23.8 Å². The maximum atomic E-state index is 9.78. The first-order valence-electron chi connectivity index (χ1n) is 1.80. The molecule has 6 heteroatoms. The molecule has 9 heavy (non-hydrogen) atoms. The average molecular weight is 162 g/mol. The monoisotopic (exact) mass is 162 g/mol. The van der Waals surface area contributed by atoms with Gasteiger partial charge >= 0.3 is 29.6 Å². The number of aliphatic hydroxyl groups is 1. The summed E-state index contributed by atoms with van der Waals surface area (Å²) in [5.74, 6) is -0.538. The second kappa shape index (κ2) is 5.25. The minimum atomic E-state index is -3.93. The molecule has 0 aliphatic carbocycles. The Morgan fingerprint density at radius 3 is 2.11 bits per heavy atom. The molecule has 50 valence electrons. The predicted octanol–water partition coefficient (Wildman–Crippen LogP) is -2.94. The van der Waals surface area contributed by atoms with E-state index in [4.69, 9.17) is 9.66 Å². The molecule has 0 amide bonds. The molecule has 0 bridgehead atoms. The Morgan fingerprint density at radius 1 is 1.56 bits per heavy atom. The molecule has 4 nitrogen and oxygen atoms in total. The van der Waals surface area contributed by atoms with Crippen LogP contribution in [0, 0.1) is 0 Å². The van der Waals surface area contributed by atoms with E-state index >= 15 is 0 Å². The molecule has 0 radical (unpaired) electrons.